The minimum atomic E-state index is -0.334. The van der Waals surface area contributed by atoms with Crippen molar-refractivity contribution in [3.63, 3.8) is 0 Å². The quantitative estimate of drug-likeness (QED) is 0.758. The van der Waals surface area contributed by atoms with E-state index in [1.54, 1.807) is 0 Å². The summed E-state index contributed by atoms with van der Waals surface area (Å²) in [5.41, 5.74) is 1.12. The molecular weight excluding hydrogens is 296 g/mol. The SMILES string of the molecule is COC(=O)CCC(=O)[C@@H](C)Cc1ccc(Br)cc1. The van der Waals surface area contributed by atoms with Crippen molar-refractivity contribution in [2.24, 2.45) is 5.92 Å². The molecule has 0 aliphatic carbocycles. The number of ketones is 1. The van der Waals surface area contributed by atoms with Gasteiger partial charge < -0.3 is 4.74 Å². The fraction of sp³-hybridized carbons (Fsp3) is 0.429. The van der Waals surface area contributed by atoms with Crippen LogP contribution in [0.15, 0.2) is 28.7 Å². The van der Waals surface area contributed by atoms with Gasteiger partial charge in [0.05, 0.1) is 13.5 Å². The van der Waals surface area contributed by atoms with Gasteiger partial charge in [0.2, 0.25) is 0 Å². The van der Waals surface area contributed by atoms with Crippen molar-refractivity contribution in [2.75, 3.05) is 7.11 Å². The second-order valence-corrected chi connectivity index (χ2v) is 5.19. The summed E-state index contributed by atoms with van der Waals surface area (Å²) >= 11 is 3.37. The van der Waals surface area contributed by atoms with Crippen LogP contribution in [0.5, 0.6) is 0 Å². The number of carbonyl (C=O) groups excluding carboxylic acids is 2. The van der Waals surface area contributed by atoms with E-state index in [2.05, 4.69) is 20.7 Å². The normalized spacial score (nSPS) is 11.9. The number of Topliss-reactive ketones (excluding diaryl/α,β-unsaturated/α-hetero) is 1. The Hall–Kier alpha value is -1.16. The number of esters is 1. The Morgan fingerprint density at radius 2 is 1.83 bits per heavy atom. The lowest BCUT2D eigenvalue weighted by Crippen LogP contribution is -2.15. The first-order valence-corrected chi connectivity index (χ1v) is 6.66. The fourth-order valence-electron chi connectivity index (χ4n) is 1.66. The lowest BCUT2D eigenvalue weighted by Gasteiger charge is -2.10. The molecule has 0 fully saturated rings. The number of rotatable bonds is 6. The van der Waals surface area contributed by atoms with Crippen molar-refractivity contribution >= 4 is 27.7 Å². The van der Waals surface area contributed by atoms with Gasteiger partial charge in [0.25, 0.3) is 0 Å². The Balaban J connectivity index is 2.44. The Morgan fingerprint density at radius 3 is 2.39 bits per heavy atom. The van der Waals surface area contributed by atoms with Gasteiger partial charge in [0.1, 0.15) is 5.78 Å². The van der Waals surface area contributed by atoms with Crippen molar-refractivity contribution < 1.29 is 14.3 Å². The molecule has 0 radical (unpaired) electrons. The summed E-state index contributed by atoms with van der Waals surface area (Å²) in [4.78, 5) is 22.8. The van der Waals surface area contributed by atoms with E-state index in [1.807, 2.05) is 31.2 Å². The maximum absolute atomic E-state index is 11.8. The highest BCUT2D eigenvalue weighted by Gasteiger charge is 2.15. The van der Waals surface area contributed by atoms with Crippen molar-refractivity contribution in [3.8, 4) is 0 Å². The number of carbonyl (C=O) groups is 2. The van der Waals surface area contributed by atoms with E-state index in [9.17, 15) is 9.59 Å². The van der Waals surface area contributed by atoms with Crippen LogP contribution in [-0.2, 0) is 20.7 Å². The van der Waals surface area contributed by atoms with Gasteiger partial charge in [-0.05, 0) is 24.1 Å². The number of methoxy groups -OCH3 is 1. The highest BCUT2D eigenvalue weighted by Crippen LogP contribution is 2.15. The van der Waals surface area contributed by atoms with Crippen LogP contribution in [0.4, 0.5) is 0 Å². The lowest BCUT2D eigenvalue weighted by molar-refractivity contribution is -0.142. The minimum Gasteiger partial charge on any atom is -0.469 e. The summed E-state index contributed by atoms with van der Waals surface area (Å²) in [5, 5.41) is 0. The molecule has 4 heteroatoms. The van der Waals surface area contributed by atoms with E-state index in [4.69, 9.17) is 0 Å². The zero-order valence-electron chi connectivity index (χ0n) is 10.6. The van der Waals surface area contributed by atoms with E-state index >= 15 is 0 Å². The zero-order chi connectivity index (χ0) is 13.5. The second-order valence-electron chi connectivity index (χ2n) is 4.27. The second kappa shape index (κ2) is 7.31. The molecule has 0 saturated carbocycles. The Labute approximate surface area is 116 Å². The first kappa shape index (κ1) is 14.9. The predicted octanol–water partition coefficient (Wildman–Crippen LogP) is 3.15. The molecule has 0 saturated heterocycles. The molecule has 0 amide bonds. The van der Waals surface area contributed by atoms with Crippen LogP contribution in [-0.4, -0.2) is 18.9 Å². The summed E-state index contributed by atoms with van der Waals surface area (Å²) in [6.45, 7) is 1.89. The summed E-state index contributed by atoms with van der Waals surface area (Å²) in [5.74, 6) is -0.307. The molecule has 0 aliphatic rings. The molecule has 1 aromatic carbocycles. The molecule has 1 atom stereocenters. The Kier molecular flexibility index (Phi) is 6.05. The highest BCUT2D eigenvalue weighted by molar-refractivity contribution is 9.10. The molecule has 0 aromatic heterocycles. The van der Waals surface area contributed by atoms with Gasteiger partial charge in [0.15, 0.2) is 0 Å². The van der Waals surface area contributed by atoms with Crippen molar-refractivity contribution in [2.45, 2.75) is 26.2 Å². The third-order valence-corrected chi connectivity index (χ3v) is 3.34. The molecule has 1 aromatic rings. The average molecular weight is 313 g/mol. The lowest BCUT2D eigenvalue weighted by atomic mass is 9.95. The van der Waals surface area contributed by atoms with Gasteiger partial charge in [-0.25, -0.2) is 0 Å². The number of hydrogen-bond acceptors (Lipinski definition) is 3. The van der Waals surface area contributed by atoms with Crippen LogP contribution in [0.2, 0.25) is 0 Å². The van der Waals surface area contributed by atoms with Gasteiger partial charge in [-0.15, -0.1) is 0 Å². The third kappa shape index (κ3) is 5.00. The molecule has 0 spiro atoms. The Bertz CT molecular complexity index is 412. The van der Waals surface area contributed by atoms with E-state index < -0.39 is 0 Å². The van der Waals surface area contributed by atoms with E-state index in [0.29, 0.717) is 6.42 Å². The topological polar surface area (TPSA) is 43.4 Å². The van der Waals surface area contributed by atoms with Crippen molar-refractivity contribution in [3.05, 3.63) is 34.3 Å². The number of halogens is 1. The van der Waals surface area contributed by atoms with Gasteiger partial charge >= 0.3 is 5.97 Å². The maximum atomic E-state index is 11.8. The molecule has 0 heterocycles. The number of benzene rings is 1. The Morgan fingerprint density at radius 1 is 1.22 bits per heavy atom. The first-order chi connectivity index (χ1) is 8.52. The molecule has 0 unspecified atom stereocenters. The number of ether oxygens (including phenoxy) is 1. The molecule has 0 bridgehead atoms. The van der Waals surface area contributed by atoms with E-state index in [-0.39, 0.29) is 30.5 Å². The fourth-order valence-corrected chi connectivity index (χ4v) is 1.93. The summed E-state index contributed by atoms with van der Waals surface area (Å²) in [6.07, 6.45) is 1.12. The monoisotopic (exact) mass is 312 g/mol. The summed E-state index contributed by atoms with van der Waals surface area (Å²) in [7, 11) is 1.33. The summed E-state index contributed by atoms with van der Waals surface area (Å²) in [6, 6.07) is 7.91. The standard InChI is InChI=1S/C14H17BrO3/c1-10(13(16)7-8-14(17)18-2)9-11-3-5-12(15)6-4-11/h3-6,10H,7-9H2,1-2H3/t10-/m0/s1. The van der Waals surface area contributed by atoms with E-state index in [0.717, 1.165) is 10.0 Å². The van der Waals surface area contributed by atoms with Crippen LogP contribution in [0.3, 0.4) is 0 Å². The van der Waals surface area contributed by atoms with Crippen molar-refractivity contribution in [1.29, 1.82) is 0 Å². The smallest absolute Gasteiger partial charge is 0.305 e. The molecule has 98 valence electrons. The van der Waals surface area contributed by atoms with Crippen LogP contribution in [0, 0.1) is 5.92 Å². The molecule has 18 heavy (non-hydrogen) atoms. The van der Waals surface area contributed by atoms with Crippen molar-refractivity contribution in [1.82, 2.24) is 0 Å². The molecular formula is C14H17BrO3. The van der Waals surface area contributed by atoms with Gasteiger partial charge in [-0.3, -0.25) is 9.59 Å². The first-order valence-electron chi connectivity index (χ1n) is 5.87. The third-order valence-electron chi connectivity index (χ3n) is 2.81. The average Bonchev–Trinajstić information content (AvgIpc) is 2.38. The zero-order valence-corrected chi connectivity index (χ0v) is 12.2. The number of hydrogen-bond donors (Lipinski definition) is 0. The van der Waals surface area contributed by atoms with Crippen LogP contribution >= 0.6 is 15.9 Å². The van der Waals surface area contributed by atoms with Gasteiger partial charge in [-0.1, -0.05) is 35.0 Å². The van der Waals surface area contributed by atoms with Crippen LogP contribution in [0.1, 0.15) is 25.3 Å². The molecule has 0 N–H and O–H groups in total. The predicted molar refractivity (Wildman–Crippen MR) is 73.3 cm³/mol. The molecule has 3 nitrogen and oxygen atoms in total. The maximum Gasteiger partial charge on any atom is 0.305 e. The molecule has 1 rings (SSSR count). The van der Waals surface area contributed by atoms with Crippen LogP contribution < -0.4 is 0 Å². The largest absolute Gasteiger partial charge is 0.469 e. The van der Waals surface area contributed by atoms with Gasteiger partial charge in [-0.2, -0.15) is 0 Å². The van der Waals surface area contributed by atoms with E-state index in [1.165, 1.54) is 7.11 Å². The van der Waals surface area contributed by atoms with Crippen LogP contribution in [0.25, 0.3) is 0 Å². The highest BCUT2D eigenvalue weighted by atomic mass is 79.9. The molecule has 0 aliphatic heterocycles. The van der Waals surface area contributed by atoms with Gasteiger partial charge in [0, 0.05) is 16.8 Å². The summed E-state index contributed by atoms with van der Waals surface area (Å²) < 4.78 is 5.54. The minimum absolute atomic E-state index is 0.0733.